The third-order valence-corrected chi connectivity index (χ3v) is 8.82. The highest BCUT2D eigenvalue weighted by molar-refractivity contribution is 8.01. The number of piperidine rings is 1. The van der Waals surface area contributed by atoms with Gasteiger partial charge in [-0.1, -0.05) is 39.0 Å². The topological polar surface area (TPSA) is 47.1 Å². The first-order valence-corrected chi connectivity index (χ1v) is 13.9. The molecule has 0 radical (unpaired) electrons. The summed E-state index contributed by atoms with van der Waals surface area (Å²) in [4.78, 5) is 35.6. The van der Waals surface area contributed by atoms with Gasteiger partial charge in [0.05, 0.1) is 5.25 Å². The molecule has 6 nitrogen and oxygen atoms in total. The highest BCUT2D eigenvalue weighted by Crippen LogP contribution is 2.47. The summed E-state index contributed by atoms with van der Waals surface area (Å²) in [5.74, 6) is 0.284. The molecule has 1 aromatic rings. The van der Waals surface area contributed by atoms with Crippen molar-refractivity contribution in [3.63, 3.8) is 0 Å². The van der Waals surface area contributed by atoms with Crippen LogP contribution < -0.4 is 4.90 Å². The lowest BCUT2D eigenvalue weighted by atomic mass is 9.92. The predicted molar refractivity (Wildman–Crippen MR) is 141 cm³/mol. The first-order chi connectivity index (χ1) is 16.2. The molecule has 1 unspecified atom stereocenters. The molecular weight excluding hydrogens is 444 g/mol. The van der Waals surface area contributed by atoms with Crippen molar-refractivity contribution < 1.29 is 9.59 Å². The van der Waals surface area contributed by atoms with E-state index in [-0.39, 0.29) is 27.9 Å². The quantitative estimate of drug-likeness (QED) is 0.603. The Morgan fingerprint density at radius 1 is 1.00 bits per heavy atom. The van der Waals surface area contributed by atoms with Gasteiger partial charge in [-0.3, -0.25) is 9.59 Å². The average Bonchev–Trinajstić information content (AvgIpc) is 3.13. The fourth-order valence-corrected chi connectivity index (χ4v) is 6.61. The number of anilines is 1. The lowest BCUT2D eigenvalue weighted by Crippen LogP contribution is -2.45. The number of hydrogen-bond acceptors (Lipinski definition) is 5. The Balaban J connectivity index is 1.56. The van der Waals surface area contributed by atoms with Gasteiger partial charge in [0.2, 0.25) is 11.8 Å². The smallest absolute Gasteiger partial charge is 0.237 e. The second kappa shape index (κ2) is 10.9. The van der Waals surface area contributed by atoms with Gasteiger partial charge in [0, 0.05) is 63.5 Å². The van der Waals surface area contributed by atoms with Crippen LogP contribution in [0.4, 0.5) is 5.69 Å². The van der Waals surface area contributed by atoms with Crippen LogP contribution in [-0.4, -0.2) is 84.6 Å². The van der Waals surface area contributed by atoms with Crippen LogP contribution in [0.1, 0.15) is 63.8 Å². The van der Waals surface area contributed by atoms with Crippen LogP contribution in [-0.2, 0) is 9.59 Å². The average molecular weight is 487 g/mol. The number of para-hydroxylation sites is 1. The van der Waals surface area contributed by atoms with Crippen molar-refractivity contribution in [2.75, 3.05) is 57.8 Å². The molecule has 3 fully saturated rings. The van der Waals surface area contributed by atoms with E-state index in [0.29, 0.717) is 6.42 Å². The van der Waals surface area contributed by atoms with Gasteiger partial charge < -0.3 is 19.6 Å². The molecule has 0 aromatic heterocycles. The predicted octanol–water partition coefficient (Wildman–Crippen LogP) is 4.22. The molecule has 0 spiro atoms. The Kier molecular flexibility index (Phi) is 8.13. The highest BCUT2D eigenvalue weighted by atomic mass is 32.2. The van der Waals surface area contributed by atoms with Crippen LogP contribution in [0.15, 0.2) is 24.3 Å². The summed E-state index contributed by atoms with van der Waals surface area (Å²) in [6, 6.07) is 8.60. The summed E-state index contributed by atoms with van der Waals surface area (Å²) in [7, 11) is 2.17. The van der Waals surface area contributed by atoms with E-state index >= 15 is 0 Å². The normalized spacial score (nSPS) is 24.7. The number of rotatable bonds is 6. The van der Waals surface area contributed by atoms with E-state index in [2.05, 4.69) is 66.8 Å². The van der Waals surface area contributed by atoms with Gasteiger partial charge in [-0.25, -0.2) is 0 Å². The fourth-order valence-electron chi connectivity index (χ4n) is 5.11. The van der Waals surface area contributed by atoms with Gasteiger partial charge >= 0.3 is 0 Å². The lowest BCUT2D eigenvalue weighted by Gasteiger charge is -2.37. The second-order valence-electron chi connectivity index (χ2n) is 11.3. The Morgan fingerprint density at radius 3 is 2.35 bits per heavy atom. The second-order valence-corrected chi connectivity index (χ2v) is 12.6. The van der Waals surface area contributed by atoms with Crippen LogP contribution >= 0.6 is 11.8 Å². The monoisotopic (exact) mass is 486 g/mol. The third-order valence-electron chi connectivity index (χ3n) is 7.35. The van der Waals surface area contributed by atoms with Crippen molar-refractivity contribution in [2.45, 2.75) is 63.5 Å². The molecule has 3 aliphatic rings. The van der Waals surface area contributed by atoms with Gasteiger partial charge in [-0.15, -0.1) is 11.8 Å². The van der Waals surface area contributed by atoms with Crippen molar-refractivity contribution >= 4 is 29.3 Å². The molecule has 2 amide bonds. The molecule has 3 saturated heterocycles. The van der Waals surface area contributed by atoms with Gasteiger partial charge in [-0.05, 0) is 44.2 Å². The summed E-state index contributed by atoms with van der Waals surface area (Å²) >= 11 is 1.69. The Bertz CT molecular complexity index is 856. The third kappa shape index (κ3) is 6.09. The number of carbonyl (C=O) groups excluding carboxylic acids is 2. The first-order valence-electron chi connectivity index (χ1n) is 13.0. The number of piperazine rings is 1. The van der Waals surface area contributed by atoms with E-state index in [9.17, 15) is 9.59 Å². The zero-order chi connectivity index (χ0) is 24.3. The van der Waals surface area contributed by atoms with Crippen molar-refractivity contribution in [1.82, 2.24) is 14.7 Å². The number of nitrogens with zero attached hydrogens (tertiary/aromatic N) is 4. The summed E-state index contributed by atoms with van der Waals surface area (Å²) in [5, 5.41) is -0.329. The molecule has 34 heavy (non-hydrogen) atoms. The van der Waals surface area contributed by atoms with Crippen LogP contribution in [0.25, 0.3) is 0 Å². The summed E-state index contributed by atoms with van der Waals surface area (Å²) in [6.07, 6.45) is 4.63. The van der Waals surface area contributed by atoms with E-state index in [1.807, 2.05) is 4.90 Å². The number of carbonyl (C=O) groups is 2. The molecule has 1 aromatic carbocycles. The Morgan fingerprint density at radius 2 is 1.68 bits per heavy atom. The zero-order valence-electron chi connectivity index (χ0n) is 21.5. The van der Waals surface area contributed by atoms with Crippen LogP contribution in [0.2, 0.25) is 0 Å². The van der Waals surface area contributed by atoms with Crippen molar-refractivity contribution in [3.8, 4) is 0 Å². The molecule has 0 N–H and O–H groups in total. The van der Waals surface area contributed by atoms with Crippen LogP contribution in [0, 0.1) is 5.41 Å². The van der Waals surface area contributed by atoms with Crippen molar-refractivity contribution in [1.29, 1.82) is 0 Å². The van der Waals surface area contributed by atoms with Crippen molar-refractivity contribution in [3.05, 3.63) is 29.8 Å². The number of likely N-dealkylation sites (N-methyl/N-ethyl adjacent to an activating group) is 1. The maximum atomic E-state index is 13.7. The van der Waals surface area contributed by atoms with Crippen molar-refractivity contribution in [2.24, 2.45) is 5.41 Å². The molecule has 3 aliphatic heterocycles. The lowest BCUT2D eigenvalue weighted by molar-refractivity contribution is -0.136. The zero-order valence-corrected chi connectivity index (χ0v) is 22.3. The molecule has 0 bridgehead atoms. The van der Waals surface area contributed by atoms with E-state index in [1.54, 1.807) is 11.8 Å². The summed E-state index contributed by atoms with van der Waals surface area (Å²) in [6.45, 7) is 13.2. The molecule has 2 atom stereocenters. The van der Waals surface area contributed by atoms with E-state index in [1.165, 1.54) is 17.7 Å². The van der Waals surface area contributed by atoms with E-state index in [0.717, 1.165) is 65.1 Å². The SMILES string of the molecule is CN1CCN(c2ccccc2[C@@H]2SC(CC(=O)N3CCCCC3)C(=O)N2CCC(C)(C)C)CC1. The van der Waals surface area contributed by atoms with Gasteiger partial charge in [0.15, 0.2) is 0 Å². The van der Waals surface area contributed by atoms with Crippen LogP contribution in [0.5, 0.6) is 0 Å². The number of amides is 2. The Labute approximate surface area is 210 Å². The van der Waals surface area contributed by atoms with Crippen LogP contribution in [0.3, 0.4) is 0 Å². The maximum absolute atomic E-state index is 13.7. The molecule has 0 saturated carbocycles. The minimum absolute atomic E-state index is 0.0372. The first kappa shape index (κ1) is 25.4. The minimum Gasteiger partial charge on any atom is -0.369 e. The number of benzene rings is 1. The standard InChI is InChI=1S/C27H42N4O2S/c1-27(2,3)12-15-31-25(33)23(20-24(32)30-13-8-5-9-14-30)34-26(31)21-10-6-7-11-22(21)29-18-16-28(4)17-19-29/h6-7,10-11,23,26H,5,8-9,12-20H2,1-4H3/t23?,26-/m0/s1. The molecule has 3 heterocycles. The number of thioether (sulfide) groups is 1. The Hall–Kier alpha value is -1.73. The number of hydrogen-bond donors (Lipinski definition) is 0. The minimum atomic E-state index is -0.292. The van der Waals surface area contributed by atoms with E-state index in [4.69, 9.17) is 0 Å². The molecule has 4 rings (SSSR count). The molecule has 7 heteroatoms. The fraction of sp³-hybridized carbons (Fsp3) is 0.704. The van der Waals surface area contributed by atoms with E-state index < -0.39 is 0 Å². The summed E-state index contributed by atoms with van der Waals surface area (Å²) < 4.78 is 0. The molecular formula is C27H42N4O2S. The number of likely N-dealkylation sites (tertiary alicyclic amines) is 1. The highest BCUT2D eigenvalue weighted by Gasteiger charge is 2.43. The van der Waals surface area contributed by atoms with Gasteiger partial charge in [-0.2, -0.15) is 0 Å². The van der Waals surface area contributed by atoms with Gasteiger partial charge in [0.1, 0.15) is 5.37 Å². The maximum Gasteiger partial charge on any atom is 0.237 e. The molecule has 0 aliphatic carbocycles. The summed E-state index contributed by atoms with van der Waals surface area (Å²) in [5.41, 5.74) is 2.60. The van der Waals surface area contributed by atoms with Gasteiger partial charge in [0.25, 0.3) is 0 Å². The largest absolute Gasteiger partial charge is 0.369 e. The molecule has 188 valence electrons.